The van der Waals surface area contributed by atoms with Gasteiger partial charge in [-0.05, 0) is 50.3 Å². The third kappa shape index (κ3) is 4.86. The molecule has 0 saturated carbocycles. The summed E-state index contributed by atoms with van der Waals surface area (Å²) < 4.78 is 24.0. The van der Waals surface area contributed by atoms with Gasteiger partial charge in [0.1, 0.15) is 17.1 Å². The fourth-order valence-corrected chi connectivity index (χ4v) is 3.79. The third-order valence-corrected chi connectivity index (χ3v) is 5.40. The number of anilines is 1. The molecule has 8 nitrogen and oxygen atoms in total. The highest BCUT2D eigenvalue weighted by Crippen LogP contribution is 2.39. The van der Waals surface area contributed by atoms with Crippen LogP contribution in [0.15, 0.2) is 42.5 Å². The number of hydrogen-bond donors (Lipinski definition) is 1. The SMILES string of the molecule is COCCOCCn1nc(NC(=O)c2ccc3c(c2OC)C=CC(C)(C)O3)c2ccccc21. The van der Waals surface area contributed by atoms with E-state index in [0.29, 0.717) is 49.2 Å². The predicted molar refractivity (Wildman–Crippen MR) is 127 cm³/mol. The zero-order valence-corrected chi connectivity index (χ0v) is 19.4. The van der Waals surface area contributed by atoms with Gasteiger partial charge in [0.15, 0.2) is 5.82 Å². The predicted octanol–water partition coefficient (Wildman–Crippen LogP) is 4.14. The second kappa shape index (κ2) is 9.64. The van der Waals surface area contributed by atoms with E-state index in [1.54, 1.807) is 26.4 Å². The van der Waals surface area contributed by atoms with Crippen molar-refractivity contribution in [3.8, 4) is 11.5 Å². The summed E-state index contributed by atoms with van der Waals surface area (Å²) in [7, 11) is 3.19. The van der Waals surface area contributed by atoms with Crippen LogP contribution >= 0.6 is 0 Å². The maximum Gasteiger partial charge on any atom is 0.260 e. The van der Waals surface area contributed by atoms with E-state index in [0.717, 1.165) is 16.5 Å². The van der Waals surface area contributed by atoms with Crippen LogP contribution in [0.4, 0.5) is 5.82 Å². The number of amides is 1. The number of benzene rings is 2. The monoisotopic (exact) mass is 451 g/mol. The van der Waals surface area contributed by atoms with E-state index in [9.17, 15) is 4.79 Å². The lowest BCUT2D eigenvalue weighted by molar-refractivity contribution is 0.0659. The Morgan fingerprint density at radius 2 is 1.94 bits per heavy atom. The number of rotatable bonds is 9. The van der Waals surface area contributed by atoms with Crippen LogP contribution in [-0.2, 0) is 16.0 Å². The largest absolute Gasteiger partial charge is 0.495 e. The average molecular weight is 452 g/mol. The number of nitrogens with one attached hydrogen (secondary N) is 1. The maximum atomic E-state index is 13.2. The minimum absolute atomic E-state index is 0.306. The van der Waals surface area contributed by atoms with Crippen LogP contribution in [0.2, 0.25) is 0 Å². The highest BCUT2D eigenvalue weighted by molar-refractivity contribution is 6.10. The second-order valence-corrected chi connectivity index (χ2v) is 8.25. The molecule has 2 heterocycles. The standard InChI is InChI=1S/C25H29N3O5/c1-25(2)12-11-18-21(33-25)10-9-19(22(18)31-4)24(29)26-23-17-7-5-6-8-20(17)28(27-23)13-14-32-16-15-30-3/h5-12H,13-16H2,1-4H3,(H,26,27,29). The van der Waals surface area contributed by atoms with Gasteiger partial charge in [-0.25, -0.2) is 0 Å². The van der Waals surface area contributed by atoms with Gasteiger partial charge in [-0.2, -0.15) is 5.10 Å². The smallest absolute Gasteiger partial charge is 0.260 e. The number of aromatic nitrogens is 2. The molecule has 0 atom stereocenters. The molecule has 1 aliphatic heterocycles. The fourth-order valence-electron chi connectivity index (χ4n) is 3.79. The summed E-state index contributed by atoms with van der Waals surface area (Å²) in [6.45, 7) is 6.06. The Kier molecular flexibility index (Phi) is 6.67. The van der Waals surface area contributed by atoms with Gasteiger partial charge in [0.05, 0.1) is 50.1 Å². The molecule has 1 N–H and O–H groups in total. The molecule has 0 bridgehead atoms. The molecular formula is C25H29N3O5. The number of para-hydroxylation sites is 1. The first-order valence-electron chi connectivity index (χ1n) is 10.9. The Bertz CT molecular complexity index is 1180. The van der Waals surface area contributed by atoms with Crippen molar-refractivity contribution in [3.63, 3.8) is 0 Å². The van der Waals surface area contributed by atoms with Gasteiger partial charge >= 0.3 is 0 Å². The van der Waals surface area contributed by atoms with Gasteiger partial charge in [0, 0.05) is 12.5 Å². The van der Waals surface area contributed by atoms with Crippen molar-refractivity contribution in [2.75, 3.05) is 39.4 Å². The minimum atomic E-state index is -0.416. The summed E-state index contributed by atoms with van der Waals surface area (Å²) in [5.41, 5.74) is 1.65. The number of hydrogen-bond acceptors (Lipinski definition) is 6. The first kappa shape index (κ1) is 22.8. The summed E-state index contributed by atoms with van der Waals surface area (Å²) >= 11 is 0. The van der Waals surface area contributed by atoms with Crippen molar-refractivity contribution < 1.29 is 23.7 Å². The van der Waals surface area contributed by atoms with Crippen LogP contribution in [-0.4, -0.2) is 55.3 Å². The molecule has 0 aliphatic carbocycles. The molecule has 3 aromatic rings. The molecule has 4 rings (SSSR count). The summed E-state index contributed by atoms with van der Waals surface area (Å²) in [6, 6.07) is 11.3. The van der Waals surface area contributed by atoms with Gasteiger partial charge in [-0.1, -0.05) is 12.1 Å². The lowest BCUT2D eigenvalue weighted by Crippen LogP contribution is -2.28. The zero-order valence-electron chi connectivity index (χ0n) is 19.4. The molecule has 174 valence electrons. The molecule has 8 heteroatoms. The van der Waals surface area contributed by atoms with Crippen molar-refractivity contribution >= 4 is 28.7 Å². The molecular weight excluding hydrogens is 422 g/mol. The maximum absolute atomic E-state index is 13.2. The van der Waals surface area contributed by atoms with Crippen molar-refractivity contribution in [1.29, 1.82) is 0 Å². The number of nitrogens with zero attached hydrogens (tertiary/aromatic N) is 2. The summed E-state index contributed by atoms with van der Waals surface area (Å²) in [5.74, 6) is 1.32. The first-order valence-corrected chi connectivity index (χ1v) is 10.9. The topological polar surface area (TPSA) is 83.8 Å². The minimum Gasteiger partial charge on any atom is -0.495 e. The van der Waals surface area contributed by atoms with E-state index < -0.39 is 5.60 Å². The van der Waals surface area contributed by atoms with E-state index in [4.69, 9.17) is 18.9 Å². The van der Waals surface area contributed by atoms with Crippen molar-refractivity contribution in [2.45, 2.75) is 26.0 Å². The average Bonchev–Trinajstić information content (AvgIpc) is 3.14. The van der Waals surface area contributed by atoms with Crippen LogP contribution in [0.3, 0.4) is 0 Å². The van der Waals surface area contributed by atoms with E-state index in [2.05, 4.69) is 10.4 Å². The summed E-state index contributed by atoms with van der Waals surface area (Å²) in [5, 5.41) is 8.43. The lowest BCUT2D eigenvalue weighted by atomic mass is 9.99. The molecule has 2 aromatic carbocycles. The van der Waals surface area contributed by atoms with Crippen molar-refractivity contribution in [3.05, 3.63) is 53.6 Å². The molecule has 0 unspecified atom stereocenters. The highest BCUT2D eigenvalue weighted by atomic mass is 16.5. The van der Waals surface area contributed by atoms with E-state index in [1.807, 2.05) is 54.9 Å². The van der Waals surface area contributed by atoms with Gasteiger partial charge < -0.3 is 24.3 Å². The van der Waals surface area contributed by atoms with Crippen LogP contribution in [0.5, 0.6) is 11.5 Å². The summed E-state index contributed by atoms with van der Waals surface area (Å²) in [6.07, 6.45) is 3.88. The number of fused-ring (bicyclic) bond motifs is 2. The van der Waals surface area contributed by atoms with Gasteiger partial charge in [-0.3, -0.25) is 9.48 Å². The van der Waals surface area contributed by atoms with Gasteiger partial charge in [0.25, 0.3) is 5.91 Å². The van der Waals surface area contributed by atoms with E-state index in [1.165, 1.54) is 0 Å². The van der Waals surface area contributed by atoms with Crippen LogP contribution in [0, 0.1) is 0 Å². The van der Waals surface area contributed by atoms with Crippen LogP contribution < -0.4 is 14.8 Å². The quantitative estimate of drug-likeness (QED) is 0.492. The number of carbonyl (C=O) groups is 1. The van der Waals surface area contributed by atoms with Crippen molar-refractivity contribution in [1.82, 2.24) is 9.78 Å². The molecule has 0 radical (unpaired) electrons. The molecule has 1 aromatic heterocycles. The van der Waals surface area contributed by atoms with Gasteiger partial charge in [-0.15, -0.1) is 0 Å². The number of carbonyl (C=O) groups excluding carboxylic acids is 1. The van der Waals surface area contributed by atoms with E-state index >= 15 is 0 Å². The van der Waals surface area contributed by atoms with Crippen LogP contribution in [0.1, 0.15) is 29.8 Å². The lowest BCUT2D eigenvalue weighted by Gasteiger charge is -2.29. The van der Waals surface area contributed by atoms with Gasteiger partial charge in [0.2, 0.25) is 0 Å². The zero-order chi connectivity index (χ0) is 23.4. The molecule has 33 heavy (non-hydrogen) atoms. The molecule has 0 fully saturated rings. The summed E-state index contributed by atoms with van der Waals surface area (Å²) in [4.78, 5) is 13.2. The van der Waals surface area contributed by atoms with Crippen molar-refractivity contribution in [2.24, 2.45) is 0 Å². The second-order valence-electron chi connectivity index (χ2n) is 8.25. The Hall–Kier alpha value is -3.36. The Balaban J connectivity index is 1.58. The fraction of sp³-hybridized carbons (Fsp3) is 0.360. The molecule has 1 aliphatic rings. The first-order chi connectivity index (χ1) is 15.9. The van der Waals surface area contributed by atoms with Crippen LogP contribution in [0.25, 0.3) is 17.0 Å². The molecule has 0 saturated heterocycles. The Labute approximate surface area is 193 Å². The Morgan fingerprint density at radius 3 is 2.73 bits per heavy atom. The Morgan fingerprint density at radius 1 is 1.12 bits per heavy atom. The number of methoxy groups -OCH3 is 2. The molecule has 1 amide bonds. The number of ether oxygens (including phenoxy) is 4. The third-order valence-electron chi connectivity index (χ3n) is 5.40. The highest BCUT2D eigenvalue weighted by Gasteiger charge is 2.27. The normalized spacial score (nSPS) is 14.1. The molecule has 0 spiro atoms. The van der Waals surface area contributed by atoms with E-state index in [-0.39, 0.29) is 5.91 Å².